The maximum atomic E-state index is 11.7. The normalized spacial score (nSPS) is 26.9. The smallest absolute Gasteiger partial charge is 0.323 e. The highest BCUT2D eigenvalue weighted by atomic mass is 16.6. The zero-order chi connectivity index (χ0) is 13.1. The predicted octanol–water partition coefficient (Wildman–Crippen LogP) is 1.73. The molecule has 3 atom stereocenters. The van der Waals surface area contributed by atoms with Gasteiger partial charge in [-0.1, -0.05) is 0 Å². The molecule has 0 saturated carbocycles. The number of hydrogen-bond acceptors (Lipinski definition) is 4. The number of carbonyl (C=O) groups is 1. The Balaban J connectivity index is 2.29. The Bertz CT molecular complexity index is 260. The van der Waals surface area contributed by atoms with Gasteiger partial charge >= 0.3 is 5.97 Å². The van der Waals surface area contributed by atoms with Gasteiger partial charge in [-0.3, -0.25) is 4.79 Å². The van der Waals surface area contributed by atoms with Crippen molar-refractivity contribution < 1.29 is 14.3 Å². The van der Waals surface area contributed by atoms with E-state index in [1.54, 1.807) is 0 Å². The van der Waals surface area contributed by atoms with Crippen molar-refractivity contribution in [2.24, 2.45) is 5.92 Å². The number of ether oxygens (including phenoxy) is 2. The topological polar surface area (TPSA) is 47.6 Å². The van der Waals surface area contributed by atoms with Crippen LogP contribution in [0.4, 0.5) is 0 Å². The van der Waals surface area contributed by atoms with Gasteiger partial charge < -0.3 is 14.8 Å². The lowest BCUT2D eigenvalue weighted by molar-refractivity contribution is -0.157. The lowest BCUT2D eigenvalue weighted by Gasteiger charge is -2.24. The van der Waals surface area contributed by atoms with Gasteiger partial charge in [0.15, 0.2) is 0 Å². The fourth-order valence-corrected chi connectivity index (χ4v) is 1.85. The molecule has 0 aromatic heterocycles. The second-order valence-corrected chi connectivity index (χ2v) is 5.79. The zero-order valence-corrected chi connectivity index (χ0v) is 11.6. The quantitative estimate of drug-likeness (QED) is 0.764. The minimum atomic E-state index is -0.420. The Morgan fingerprint density at radius 2 is 2.18 bits per heavy atom. The maximum Gasteiger partial charge on any atom is 0.323 e. The van der Waals surface area contributed by atoms with Crippen molar-refractivity contribution in [3.63, 3.8) is 0 Å². The first-order chi connectivity index (χ1) is 7.79. The standard InChI is InChI=1S/C13H25NO3/c1-9(12(15)17-13(3,4)5)14-8-11-6-7-16-10(11)2/h9-11,14H,6-8H2,1-5H3. The van der Waals surface area contributed by atoms with Crippen LogP contribution in [0.3, 0.4) is 0 Å². The van der Waals surface area contributed by atoms with Gasteiger partial charge in [-0.25, -0.2) is 0 Å². The largest absolute Gasteiger partial charge is 0.459 e. The molecule has 3 unspecified atom stereocenters. The molecule has 0 radical (unpaired) electrons. The first-order valence-corrected chi connectivity index (χ1v) is 6.37. The Morgan fingerprint density at radius 3 is 2.65 bits per heavy atom. The monoisotopic (exact) mass is 243 g/mol. The Kier molecular flexibility index (Phi) is 4.95. The van der Waals surface area contributed by atoms with Crippen LogP contribution in [-0.4, -0.2) is 36.9 Å². The van der Waals surface area contributed by atoms with Gasteiger partial charge in [0.2, 0.25) is 0 Å². The summed E-state index contributed by atoms with van der Waals surface area (Å²) in [5.41, 5.74) is -0.420. The molecule has 1 aliphatic heterocycles. The molecule has 1 rings (SSSR count). The van der Waals surface area contributed by atoms with E-state index in [-0.39, 0.29) is 18.1 Å². The van der Waals surface area contributed by atoms with E-state index in [9.17, 15) is 4.79 Å². The summed E-state index contributed by atoms with van der Waals surface area (Å²) in [6.45, 7) is 11.2. The van der Waals surface area contributed by atoms with Crippen molar-refractivity contribution >= 4 is 5.97 Å². The number of carbonyl (C=O) groups excluding carboxylic acids is 1. The predicted molar refractivity (Wildman–Crippen MR) is 66.8 cm³/mol. The van der Waals surface area contributed by atoms with Crippen molar-refractivity contribution in [2.75, 3.05) is 13.2 Å². The number of hydrogen-bond donors (Lipinski definition) is 1. The SMILES string of the molecule is CC(NCC1CCOC1C)C(=O)OC(C)(C)C. The molecular weight excluding hydrogens is 218 g/mol. The van der Waals surface area contributed by atoms with Gasteiger partial charge in [0.25, 0.3) is 0 Å². The van der Waals surface area contributed by atoms with Gasteiger partial charge in [-0.05, 0) is 47.0 Å². The molecular formula is C13H25NO3. The van der Waals surface area contributed by atoms with Crippen LogP contribution in [0.25, 0.3) is 0 Å². The van der Waals surface area contributed by atoms with Crippen LogP contribution in [-0.2, 0) is 14.3 Å². The van der Waals surface area contributed by atoms with Crippen molar-refractivity contribution in [1.29, 1.82) is 0 Å². The van der Waals surface area contributed by atoms with Gasteiger partial charge in [-0.15, -0.1) is 0 Å². The van der Waals surface area contributed by atoms with E-state index in [0.717, 1.165) is 19.6 Å². The first kappa shape index (κ1) is 14.5. The van der Waals surface area contributed by atoms with Crippen LogP contribution in [0.2, 0.25) is 0 Å². The number of rotatable bonds is 4. The third-order valence-corrected chi connectivity index (χ3v) is 2.98. The highest BCUT2D eigenvalue weighted by Gasteiger charge is 2.26. The molecule has 1 fully saturated rings. The molecule has 17 heavy (non-hydrogen) atoms. The molecule has 0 aliphatic carbocycles. The molecule has 0 aromatic rings. The van der Waals surface area contributed by atoms with Gasteiger partial charge in [0.1, 0.15) is 11.6 Å². The summed E-state index contributed by atoms with van der Waals surface area (Å²) in [4.78, 5) is 11.7. The molecule has 0 spiro atoms. The van der Waals surface area contributed by atoms with E-state index in [4.69, 9.17) is 9.47 Å². The molecule has 1 saturated heterocycles. The maximum absolute atomic E-state index is 11.7. The van der Waals surface area contributed by atoms with E-state index in [2.05, 4.69) is 12.2 Å². The van der Waals surface area contributed by atoms with Crippen molar-refractivity contribution in [1.82, 2.24) is 5.32 Å². The molecule has 0 bridgehead atoms. The summed E-state index contributed by atoms with van der Waals surface area (Å²) in [5.74, 6) is 0.309. The summed E-state index contributed by atoms with van der Waals surface area (Å²) >= 11 is 0. The van der Waals surface area contributed by atoms with Crippen LogP contribution in [0.1, 0.15) is 41.0 Å². The first-order valence-electron chi connectivity index (χ1n) is 6.37. The molecule has 1 aliphatic rings. The lowest BCUT2D eigenvalue weighted by atomic mass is 10.0. The number of nitrogens with one attached hydrogen (secondary N) is 1. The van der Waals surface area contributed by atoms with E-state index >= 15 is 0 Å². The number of esters is 1. The van der Waals surface area contributed by atoms with Crippen LogP contribution in [0.15, 0.2) is 0 Å². The van der Waals surface area contributed by atoms with Crippen LogP contribution in [0.5, 0.6) is 0 Å². The van der Waals surface area contributed by atoms with Crippen molar-refractivity contribution in [3.05, 3.63) is 0 Å². The zero-order valence-electron chi connectivity index (χ0n) is 11.6. The molecule has 100 valence electrons. The van der Waals surface area contributed by atoms with Crippen molar-refractivity contribution in [2.45, 2.75) is 58.8 Å². The minimum Gasteiger partial charge on any atom is -0.459 e. The fourth-order valence-electron chi connectivity index (χ4n) is 1.85. The third-order valence-electron chi connectivity index (χ3n) is 2.98. The average Bonchev–Trinajstić information content (AvgIpc) is 2.57. The Hall–Kier alpha value is -0.610. The van der Waals surface area contributed by atoms with E-state index in [0.29, 0.717) is 5.92 Å². The van der Waals surface area contributed by atoms with E-state index in [1.165, 1.54) is 0 Å². The summed E-state index contributed by atoms with van der Waals surface area (Å²) in [7, 11) is 0. The highest BCUT2D eigenvalue weighted by Crippen LogP contribution is 2.19. The van der Waals surface area contributed by atoms with E-state index in [1.807, 2.05) is 27.7 Å². The molecule has 0 amide bonds. The van der Waals surface area contributed by atoms with Crippen LogP contribution < -0.4 is 5.32 Å². The molecule has 0 aromatic carbocycles. The Labute approximate surface area is 104 Å². The molecule has 1 heterocycles. The molecule has 1 N–H and O–H groups in total. The van der Waals surface area contributed by atoms with Crippen molar-refractivity contribution in [3.8, 4) is 0 Å². The van der Waals surface area contributed by atoms with Gasteiger partial charge in [0, 0.05) is 13.2 Å². The molecule has 4 nitrogen and oxygen atoms in total. The third kappa shape index (κ3) is 5.04. The lowest BCUT2D eigenvalue weighted by Crippen LogP contribution is -2.42. The van der Waals surface area contributed by atoms with Gasteiger partial charge in [0.05, 0.1) is 6.10 Å². The summed E-state index contributed by atoms with van der Waals surface area (Å²) in [6.07, 6.45) is 1.35. The second-order valence-electron chi connectivity index (χ2n) is 5.79. The fraction of sp³-hybridized carbons (Fsp3) is 0.923. The van der Waals surface area contributed by atoms with Crippen LogP contribution >= 0.6 is 0 Å². The second kappa shape index (κ2) is 5.83. The highest BCUT2D eigenvalue weighted by molar-refractivity contribution is 5.75. The molecule has 4 heteroatoms. The average molecular weight is 243 g/mol. The summed E-state index contributed by atoms with van der Waals surface area (Å²) in [5, 5.41) is 3.22. The van der Waals surface area contributed by atoms with Gasteiger partial charge in [-0.2, -0.15) is 0 Å². The summed E-state index contributed by atoms with van der Waals surface area (Å²) in [6, 6.07) is -0.262. The Morgan fingerprint density at radius 1 is 1.53 bits per heavy atom. The minimum absolute atomic E-state index is 0.191. The van der Waals surface area contributed by atoms with Crippen LogP contribution in [0, 0.1) is 5.92 Å². The van der Waals surface area contributed by atoms with E-state index < -0.39 is 5.60 Å². The summed E-state index contributed by atoms with van der Waals surface area (Å²) < 4.78 is 10.8.